The van der Waals surface area contributed by atoms with Crippen LogP contribution < -0.4 is 5.32 Å². The number of amides is 2. The Kier molecular flexibility index (Phi) is 5.72. The van der Waals surface area contributed by atoms with Gasteiger partial charge in [0.1, 0.15) is 6.04 Å². The lowest BCUT2D eigenvalue weighted by molar-refractivity contribution is -0.142. The van der Waals surface area contributed by atoms with E-state index in [9.17, 15) is 9.59 Å². The molecule has 5 nitrogen and oxygen atoms in total. The third-order valence-corrected chi connectivity index (χ3v) is 5.05. The van der Waals surface area contributed by atoms with Gasteiger partial charge in [-0.1, -0.05) is 6.92 Å². The summed E-state index contributed by atoms with van der Waals surface area (Å²) in [5.41, 5.74) is 0. The molecule has 2 unspecified atom stereocenters. The summed E-state index contributed by atoms with van der Waals surface area (Å²) in [6.07, 6.45) is 2.46. The summed E-state index contributed by atoms with van der Waals surface area (Å²) >= 11 is 1.69. The van der Waals surface area contributed by atoms with E-state index in [2.05, 4.69) is 5.32 Å². The highest BCUT2D eigenvalue weighted by Gasteiger charge is 2.38. The Bertz CT molecular complexity index is 364. The summed E-state index contributed by atoms with van der Waals surface area (Å²) in [5, 5.41) is 3.18. The van der Waals surface area contributed by atoms with Crippen molar-refractivity contribution in [2.75, 3.05) is 38.3 Å². The van der Waals surface area contributed by atoms with Crippen molar-refractivity contribution >= 4 is 23.6 Å². The summed E-state index contributed by atoms with van der Waals surface area (Å²) in [7, 11) is 1.95. The summed E-state index contributed by atoms with van der Waals surface area (Å²) in [6, 6.07) is -0.229. The molecular formula is C14H25N3O2S. The largest absolute Gasteiger partial charge is 0.341 e. The molecule has 2 fully saturated rings. The van der Waals surface area contributed by atoms with E-state index in [1.807, 2.05) is 18.9 Å². The molecule has 0 aromatic carbocycles. The molecule has 0 aromatic rings. The van der Waals surface area contributed by atoms with Gasteiger partial charge in [0.2, 0.25) is 11.8 Å². The van der Waals surface area contributed by atoms with Crippen LogP contribution in [-0.4, -0.2) is 66.0 Å². The van der Waals surface area contributed by atoms with E-state index >= 15 is 0 Å². The maximum absolute atomic E-state index is 12.6. The first-order valence-corrected chi connectivity index (χ1v) is 8.63. The zero-order valence-corrected chi connectivity index (χ0v) is 13.2. The summed E-state index contributed by atoms with van der Waals surface area (Å²) in [4.78, 5) is 28.4. The van der Waals surface area contributed by atoms with Crippen molar-refractivity contribution in [3.63, 3.8) is 0 Å². The lowest BCUT2D eigenvalue weighted by Crippen LogP contribution is -2.48. The number of thioether (sulfide) groups is 1. The Labute approximate surface area is 125 Å². The zero-order chi connectivity index (χ0) is 14.5. The topological polar surface area (TPSA) is 52.7 Å². The van der Waals surface area contributed by atoms with Crippen LogP contribution in [0.1, 0.15) is 26.2 Å². The normalized spacial score (nSPS) is 26.3. The monoisotopic (exact) mass is 299 g/mol. The highest BCUT2D eigenvalue weighted by atomic mass is 32.2. The lowest BCUT2D eigenvalue weighted by atomic mass is 10.1. The number of nitrogens with one attached hydrogen (secondary N) is 1. The highest BCUT2D eigenvalue weighted by molar-refractivity contribution is 7.99. The standard InChI is InChI=1S/C14H25N3O2S/c1-3-4-13(18)17-10-20-9-12(17)14(19)16-6-5-11(8-16)7-15-2/h11-12,15H,3-10H2,1-2H3. The maximum atomic E-state index is 12.6. The van der Waals surface area contributed by atoms with E-state index < -0.39 is 0 Å². The Balaban J connectivity index is 1.93. The molecule has 0 radical (unpaired) electrons. The van der Waals surface area contributed by atoms with Crippen LogP contribution in [0, 0.1) is 5.92 Å². The van der Waals surface area contributed by atoms with Gasteiger partial charge in [-0.2, -0.15) is 0 Å². The molecule has 2 amide bonds. The fourth-order valence-electron chi connectivity index (χ4n) is 2.95. The minimum absolute atomic E-state index is 0.127. The zero-order valence-electron chi connectivity index (χ0n) is 12.4. The molecule has 6 heteroatoms. The first kappa shape index (κ1) is 15.6. The van der Waals surface area contributed by atoms with Crippen LogP contribution in [-0.2, 0) is 9.59 Å². The molecule has 20 heavy (non-hydrogen) atoms. The average Bonchev–Trinajstić information content (AvgIpc) is 3.07. The molecular weight excluding hydrogens is 274 g/mol. The van der Waals surface area contributed by atoms with E-state index in [1.165, 1.54) is 0 Å². The number of carbonyl (C=O) groups is 2. The molecule has 114 valence electrons. The van der Waals surface area contributed by atoms with Gasteiger partial charge in [-0.3, -0.25) is 9.59 Å². The second-order valence-electron chi connectivity index (χ2n) is 5.63. The van der Waals surface area contributed by atoms with E-state index in [0.717, 1.165) is 38.2 Å². The van der Waals surface area contributed by atoms with Crippen molar-refractivity contribution in [1.29, 1.82) is 0 Å². The molecule has 2 saturated heterocycles. The molecule has 0 saturated carbocycles. The molecule has 0 bridgehead atoms. The van der Waals surface area contributed by atoms with Crippen molar-refractivity contribution < 1.29 is 9.59 Å². The van der Waals surface area contributed by atoms with Gasteiger partial charge in [0, 0.05) is 25.3 Å². The maximum Gasteiger partial charge on any atom is 0.246 e. The molecule has 0 aromatic heterocycles. The Morgan fingerprint density at radius 2 is 2.20 bits per heavy atom. The Hall–Kier alpha value is -0.750. The van der Waals surface area contributed by atoms with Crippen molar-refractivity contribution in [2.24, 2.45) is 5.92 Å². The predicted molar refractivity (Wildman–Crippen MR) is 81.5 cm³/mol. The van der Waals surface area contributed by atoms with E-state index in [0.29, 0.717) is 18.2 Å². The third-order valence-electron chi connectivity index (χ3n) is 4.04. The van der Waals surface area contributed by atoms with Crippen LogP contribution in [0.4, 0.5) is 0 Å². The average molecular weight is 299 g/mol. The van der Waals surface area contributed by atoms with Gasteiger partial charge in [0.25, 0.3) is 0 Å². The fraction of sp³-hybridized carbons (Fsp3) is 0.857. The van der Waals surface area contributed by atoms with Crippen LogP contribution in [0.3, 0.4) is 0 Å². The van der Waals surface area contributed by atoms with Gasteiger partial charge in [-0.05, 0) is 32.4 Å². The molecule has 2 aliphatic rings. The first-order chi connectivity index (χ1) is 9.67. The van der Waals surface area contributed by atoms with Crippen LogP contribution in [0.15, 0.2) is 0 Å². The molecule has 0 aliphatic carbocycles. The van der Waals surface area contributed by atoms with Gasteiger partial charge in [-0.15, -0.1) is 11.8 Å². The van der Waals surface area contributed by atoms with Gasteiger partial charge in [-0.25, -0.2) is 0 Å². The number of nitrogens with zero attached hydrogens (tertiary/aromatic N) is 2. The van der Waals surface area contributed by atoms with Gasteiger partial charge >= 0.3 is 0 Å². The second kappa shape index (κ2) is 7.31. The molecule has 1 N–H and O–H groups in total. The number of likely N-dealkylation sites (tertiary alicyclic amines) is 1. The van der Waals surface area contributed by atoms with Gasteiger partial charge < -0.3 is 15.1 Å². The number of hydrogen-bond donors (Lipinski definition) is 1. The summed E-state index contributed by atoms with van der Waals surface area (Å²) < 4.78 is 0. The Morgan fingerprint density at radius 1 is 1.40 bits per heavy atom. The van der Waals surface area contributed by atoms with Crippen molar-refractivity contribution in [2.45, 2.75) is 32.2 Å². The fourth-order valence-corrected chi connectivity index (χ4v) is 4.12. The minimum Gasteiger partial charge on any atom is -0.341 e. The molecule has 2 heterocycles. The number of carbonyl (C=O) groups excluding carboxylic acids is 2. The summed E-state index contributed by atoms with van der Waals surface area (Å²) in [5.74, 6) is 2.25. The molecule has 2 rings (SSSR count). The van der Waals surface area contributed by atoms with E-state index in [-0.39, 0.29) is 17.9 Å². The molecule has 2 aliphatic heterocycles. The Morgan fingerprint density at radius 3 is 2.90 bits per heavy atom. The van der Waals surface area contributed by atoms with Crippen LogP contribution >= 0.6 is 11.8 Å². The van der Waals surface area contributed by atoms with Crippen molar-refractivity contribution in [3.05, 3.63) is 0 Å². The third kappa shape index (κ3) is 3.47. The van der Waals surface area contributed by atoms with Crippen molar-refractivity contribution in [3.8, 4) is 0 Å². The highest BCUT2D eigenvalue weighted by Crippen LogP contribution is 2.26. The van der Waals surface area contributed by atoms with Crippen LogP contribution in [0.25, 0.3) is 0 Å². The molecule has 2 atom stereocenters. The van der Waals surface area contributed by atoms with Crippen molar-refractivity contribution in [1.82, 2.24) is 15.1 Å². The summed E-state index contributed by atoms with van der Waals surface area (Å²) in [6.45, 7) is 4.63. The minimum atomic E-state index is -0.229. The van der Waals surface area contributed by atoms with Crippen LogP contribution in [0.2, 0.25) is 0 Å². The smallest absolute Gasteiger partial charge is 0.246 e. The predicted octanol–water partition coefficient (Wildman–Crippen LogP) is 0.756. The lowest BCUT2D eigenvalue weighted by Gasteiger charge is -2.27. The van der Waals surface area contributed by atoms with Crippen LogP contribution in [0.5, 0.6) is 0 Å². The number of rotatable bonds is 5. The quantitative estimate of drug-likeness (QED) is 0.814. The second-order valence-corrected chi connectivity index (χ2v) is 6.63. The van der Waals surface area contributed by atoms with Gasteiger partial charge in [0.05, 0.1) is 5.88 Å². The van der Waals surface area contributed by atoms with Gasteiger partial charge in [0.15, 0.2) is 0 Å². The number of hydrogen-bond acceptors (Lipinski definition) is 4. The SMILES string of the molecule is CCCC(=O)N1CSCC1C(=O)N1CCC(CNC)C1. The molecule has 0 spiro atoms. The van der Waals surface area contributed by atoms with E-state index in [1.54, 1.807) is 16.7 Å². The van der Waals surface area contributed by atoms with E-state index in [4.69, 9.17) is 0 Å². The first-order valence-electron chi connectivity index (χ1n) is 7.48.